The molecule has 0 radical (unpaired) electrons. The van der Waals surface area contributed by atoms with Crippen LogP contribution in [0.3, 0.4) is 0 Å². The van der Waals surface area contributed by atoms with Crippen LogP contribution in [0.15, 0.2) is 134 Å². The van der Waals surface area contributed by atoms with Crippen LogP contribution in [-0.4, -0.2) is 4.40 Å². The zero-order chi connectivity index (χ0) is 33.4. The van der Waals surface area contributed by atoms with E-state index in [2.05, 4.69) is 154 Å². The predicted molar refractivity (Wildman–Crippen MR) is 211 cm³/mol. The van der Waals surface area contributed by atoms with Crippen molar-refractivity contribution < 1.29 is 9.13 Å². The molecular weight excluding hydrogens is 639 g/mol. The number of pyridine rings is 2. The summed E-state index contributed by atoms with van der Waals surface area (Å²) in [6.45, 7) is 3.20. The highest BCUT2D eigenvalue weighted by atomic mass is 32.1. The third kappa shape index (κ3) is 3.78. The van der Waals surface area contributed by atoms with Crippen LogP contribution in [0.5, 0.6) is 0 Å². The maximum Gasteiger partial charge on any atom is 0.213 e. The fraction of sp³-hybridized carbons (Fsp3) is 0.149. The lowest BCUT2D eigenvalue weighted by atomic mass is 9.78. The Bertz CT molecular complexity index is 3070. The number of fused-ring (bicyclic) bond motifs is 19. The number of hydrogen-bond donors (Lipinski definition) is 0. The van der Waals surface area contributed by atoms with Crippen LogP contribution in [0.2, 0.25) is 0 Å². The number of aromatic nitrogens is 3. The van der Waals surface area contributed by atoms with Crippen molar-refractivity contribution in [2.45, 2.75) is 44.7 Å². The van der Waals surface area contributed by atoms with Gasteiger partial charge in [0.15, 0.2) is 25.0 Å². The molecule has 2 aliphatic rings. The molecule has 0 amide bonds. The van der Waals surface area contributed by atoms with Gasteiger partial charge in [-0.3, -0.25) is 0 Å². The molecule has 51 heavy (non-hydrogen) atoms. The number of nitrogens with zero attached hydrogens (tertiary/aromatic N) is 3. The van der Waals surface area contributed by atoms with Crippen molar-refractivity contribution in [3.8, 4) is 22.5 Å². The van der Waals surface area contributed by atoms with Crippen molar-refractivity contribution in [3.63, 3.8) is 0 Å². The van der Waals surface area contributed by atoms with Gasteiger partial charge in [0.2, 0.25) is 11.4 Å². The molecule has 7 heterocycles. The summed E-state index contributed by atoms with van der Waals surface area (Å²) in [6.07, 6.45) is 7.92. The van der Waals surface area contributed by atoms with Gasteiger partial charge in [-0.25, -0.2) is 0 Å². The van der Waals surface area contributed by atoms with Crippen LogP contribution in [-0.2, 0) is 13.0 Å². The summed E-state index contributed by atoms with van der Waals surface area (Å²) >= 11 is 1.94. The Balaban J connectivity index is 1.15. The van der Waals surface area contributed by atoms with Crippen molar-refractivity contribution in [2.75, 3.05) is 0 Å². The smallest absolute Gasteiger partial charge is 0.213 e. The summed E-state index contributed by atoms with van der Waals surface area (Å²) in [7, 11) is 0. The third-order valence-corrected chi connectivity index (χ3v) is 13.4. The molecule has 2 atom stereocenters. The number of hydrogen-bond acceptors (Lipinski definition) is 1. The first-order valence-electron chi connectivity index (χ1n) is 18.4. The van der Waals surface area contributed by atoms with E-state index in [0.29, 0.717) is 12.0 Å². The van der Waals surface area contributed by atoms with Crippen molar-refractivity contribution in [2.24, 2.45) is 0 Å². The SMILES string of the molecule is Cc1ccc2[n+](c1)CCC1C(CCc3cc4c(cc3-2)c2cccc3c5ccc6c7ccccc7sc6c5n4c23)c2ccccc2-c2cccc[n+]21. The van der Waals surface area contributed by atoms with E-state index in [1.54, 1.807) is 0 Å². The number of benzene rings is 5. The molecule has 5 aromatic heterocycles. The minimum absolute atomic E-state index is 0.395. The van der Waals surface area contributed by atoms with Crippen molar-refractivity contribution in [1.82, 2.24) is 4.40 Å². The molecule has 12 rings (SSSR count). The first-order chi connectivity index (χ1) is 25.2. The Labute approximate surface area is 299 Å². The third-order valence-electron chi connectivity index (χ3n) is 12.2. The van der Waals surface area contributed by atoms with Gasteiger partial charge < -0.3 is 4.40 Å². The second kappa shape index (κ2) is 10.2. The topological polar surface area (TPSA) is 12.2 Å². The van der Waals surface area contributed by atoms with E-state index in [-0.39, 0.29) is 0 Å². The molecule has 4 heteroatoms. The Morgan fingerprint density at radius 2 is 1.45 bits per heavy atom. The largest absolute Gasteiger partial charge is 0.307 e. The Kier molecular flexibility index (Phi) is 5.65. The Morgan fingerprint density at radius 1 is 0.647 bits per heavy atom. The van der Waals surface area contributed by atoms with Gasteiger partial charge in [-0.15, -0.1) is 11.3 Å². The zero-order valence-corrected chi connectivity index (χ0v) is 29.3. The lowest BCUT2D eigenvalue weighted by Gasteiger charge is -2.31. The molecule has 0 N–H and O–H groups in total. The van der Waals surface area contributed by atoms with Gasteiger partial charge in [-0.05, 0) is 67.3 Å². The summed E-state index contributed by atoms with van der Waals surface area (Å²) in [5.74, 6) is 0.434. The van der Waals surface area contributed by atoms with Crippen molar-refractivity contribution in [1.29, 1.82) is 0 Å². The van der Waals surface area contributed by atoms with Gasteiger partial charge in [-0.1, -0.05) is 66.7 Å². The van der Waals surface area contributed by atoms with Crippen LogP contribution in [0.25, 0.3) is 80.8 Å². The average molecular weight is 674 g/mol. The average Bonchev–Trinajstić information content (AvgIpc) is 3.83. The quantitative estimate of drug-likeness (QED) is 0.142. The molecule has 242 valence electrons. The number of aryl methyl sites for hydroxylation is 3. The van der Waals surface area contributed by atoms with E-state index < -0.39 is 0 Å². The molecule has 10 aromatic rings. The van der Waals surface area contributed by atoms with E-state index in [9.17, 15) is 0 Å². The highest BCUT2D eigenvalue weighted by Gasteiger charge is 2.41. The van der Waals surface area contributed by atoms with Crippen LogP contribution < -0.4 is 9.13 Å². The highest BCUT2D eigenvalue weighted by Crippen LogP contribution is 2.47. The van der Waals surface area contributed by atoms with E-state index in [4.69, 9.17) is 0 Å². The molecule has 0 bridgehead atoms. The van der Waals surface area contributed by atoms with Gasteiger partial charge in [0.1, 0.15) is 0 Å². The minimum atomic E-state index is 0.395. The molecular formula is C47H35N3S+2. The van der Waals surface area contributed by atoms with Crippen molar-refractivity contribution >= 4 is 69.6 Å². The second-order valence-corrected chi connectivity index (χ2v) is 15.9. The lowest BCUT2D eigenvalue weighted by molar-refractivity contribution is -0.738. The molecule has 0 saturated carbocycles. The van der Waals surface area contributed by atoms with Crippen molar-refractivity contribution in [3.05, 3.63) is 150 Å². The standard InChI is InChI=1S/C47H35N3S/c1-28-16-21-40-38-26-39-35-13-8-12-34-36-19-20-37-33-11-4-5-15-44(33)51-47(37)46(36)50(45(34)35)43(39)25-29(38)17-18-32-30-9-2-3-10-31(30)41-14-6-7-23-49(41)42(32)22-24-48(40)27-28/h2-16,19-21,23,25-27,32,42H,17-18,22,24H2,1H3/q+2. The maximum atomic E-state index is 2.63. The number of para-hydroxylation sites is 1. The molecule has 0 spiro atoms. The summed E-state index contributed by atoms with van der Waals surface area (Å²) in [6, 6.07) is 46.7. The highest BCUT2D eigenvalue weighted by molar-refractivity contribution is 7.26. The van der Waals surface area contributed by atoms with E-state index in [1.807, 2.05) is 11.3 Å². The van der Waals surface area contributed by atoms with Crippen LogP contribution in [0.4, 0.5) is 0 Å². The lowest BCUT2D eigenvalue weighted by Crippen LogP contribution is -2.50. The molecule has 2 aliphatic heterocycles. The van der Waals surface area contributed by atoms with Gasteiger partial charge >= 0.3 is 0 Å². The zero-order valence-electron chi connectivity index (χ0n) is 28.4. The summed E-state index contributed by atoms with van der Waals surface area (Å²) in [4.78, 5) is 0. The molecule has 0 fully saturated rings. The van der Waals surface area contributed by atoms with Gasteiger partial charge in [-0.2, -0.15) is 9.13 Å². The Morgan fingerprint density at radius 3 is 2.41 bits per heavy atom. The monoisotopic (exact) mass is 673 g/mol. The second-order valence-electron chi connectivity index (χ2n) is 14.9. The summed E-state index contributed by atoms with van der Waals surface area (Å²) in [5, 5.41) is 8.11. The van der Waals surface area contributed by atoms with E-state index in [1.165, 1.54) is 97.5 Å². The Hall–Kier alpha value is -5.58. The minimum Gasteiger partial charge on any atom is -0.307 e. The fourth-order valence-corrected chi connectivity index (χ4v) is 11.3. The number of thiophene rings is 1. The van der Waals surface area contributed by atoms with Gasteiger partial charge in [0, 0.05) is 72.3 Å². The van der Waals surface area contributed by atoms with E-state index >= 15 is 0 Å². The molecule has 5 aromatic carbocycles. The van der Waals surface area contributed by atoms with E-state index in [0.717, 1.165) is 25.8 Å². The molecule has 0 aliphatic carbocycles. The van der Waals surface area contributed by atoms with Crippen LogP contribution >= 0.6 is 11.3 Å². The number of rotatable bonds is 0. The maximum absolute atomic E-state index is 2.63. The first-order valence-corrected chi connectivity index (χ1v) is 19.2. The first kappa shape index (κ1) is 28.2. The van der Waals surface area contributed by atoms with Gasteiger partial charge in [0.05, 0.1) is 33.2 Å². The fourth-order valence-electron chi connectivity index (χ4n) is 10.1. The van der Waals surface area contributed by atoms with Crippen LogP contribution in [0, 0.1) is 6.92 Å². The van der Waals surface area contributed by atoms with Crippen LogP contribution in [0.1, 0.15) is 41.5 Å². The van der Waals surface area contributed by atoms with Gasteiger partial charge in [0.25, 0.3) is 0 Å². The normalized spacial score (nSPS) is 17.2. The predicted octanol–water partition coefficient (Wildman–Crippen LogP) is 11.1. The molecule has 2 unspecified atom stereocenters. The molecule has 0 saturated heterocycles. The molecule has 3 nitrogen and oxygen atoms in total. The summed E-state index contributed by atoms with van der Waals surface area (Å²) in [5.41, 5.74) is 13.7. The summed E-state index contributed by atoms with van der Waals surface area (Å²) < 4.78 is 10.5.